The minimum absolute atomic E-state index is 0.0434. The molecule has 1 saturated carbocycles. The van der Waals surface area contributed by atoms with Crippen LogP contribution in [0.2, 0.25) is 0 Å². The molecule has 1 fully saturated rings. The van der Waals surface area contributed by atoms with Gasteiger partial charge in [-0.3, -0.25) is 9.59 Å². The van der Waals surface area contributed by atoms with Crippen LogP contribution in [0, 0.1) is 5.92 Å². The number of hydrogen-bond donors (Lipinski definition) is 2. The van der Waals surface area contributed by atoms with Gasteiger partial charge in [-0.25, -0.2) is 0 Å². The van der Waals surface area contributed by atoms with Crippen molar-refractivity contribution in [1.29, 1.82) is 0 Å². The summed E-state index contributed by atoms with van der Waals surface area (Å²) >= 11 is 0. The standard InChI is InChI=1S/C21H22N2O2/c24-20(15-8-9-15)22-16-10-12-17(13-11-16)23-21(25)19-7-3-5-14-4-1-2-6-18(14)19/h1-2,4,6,10-13,15,19H,3,5,7-9H2,(H,22,24)(H,23,25). The Morgan fingerprint density at radius 2 is 1.44 bits per heavy atom. The normalized spacial score (nSPS) is 19.0. The second kappa shape index (κ2) is 6.71. The molecule has 25 heavy (non-hydrogen) atoms. The first-order valence-electron chi connectivity index (χ1n) is 9.00. The number of hydrogen-bond acceptors (Lipinski definition) is 2. The molecule has 0 aromatic heterocycles. The van der Waals surface area contributed by atoms with E-state index in [2.05, 4.69) is 22.8 Å². The summed E-state index contributed by atoms with van der Waals surface area (Å²) in [5, 5.41) is 5.93. The van der Waals surface area contributed by atoms with Crippen molar-refractivity contribution >= 4 is 23.2 Å². The van der Waals surface area contributed by atoms with Gasteiger partial charge in [0.1, 0.15) is 0 Å². The van der Waals surface area contributed by atoms with E-state index in [-0.39, 0.29) is 23.7 Å². The van der Waals surface area contributed by atoms with Gasteiger partial charge in [0.05, 0.1) is 5.92 Å². The van der Waals surface area contributed by atoms with Crippen molar-refractivity contribution in [2.75, 3.05) is 10.6 Å². The SMILES string of the molecule is O=C(Nc1ccc(NC(=O)C2CCCc3ccccc32)cc1)C1CC1. The van der Waals surface area contributed by atoms with Crippen LogP contribution in [0.25, 0.3) is 0 Å². The van der Waals surface area contributed by atoms with Gasteiger partial charge >= 0.3 is 0 Å². The summed E-state index contributed by atoms with van der Waals surface area (Å²) < 4.78 is 0. The number of amides is 2. The van der Waals surface area contributed by atoms with Gasteiger partial charge in [-0.05, 0) is 67.5 Å². The molecule has 0 bridgehead atoms. The van der Waals surface area contributed by atoms with E-state index < -0.39 is 0 Å². The van der Waals surface area contributed by atoms with Gasteiger partial charge in [0.25, 0.3) is 0 Å². The van der Waals surface area contributed by atoms with Crippen LogP contribution in [0.15, 0.2) is 48.5 Å². The molecule has 1 unspecified atom stereocenters. The van der Waals surface area contributed by atoms with Gasteiger partial charge in [-0.15, -0.1) is 0 Å². The Morgan fingerprint density at radius 1 is 0.800 bits per heavy atom. The van der Waals surface area contributed by atoms with Gasteiger partial charge in [-0.2, -0.15) is 0 Å². The van der Waals surface area contributed by atoms with E-state index in [1.165, 1.54) is 5.56 Å². The van der Waals surface area contributed by atoms with Gasteiger partial charge in [0.2, 0.25) is 11.8 Å². The van der Waals surface area contributed by atoms with Crippen LogP contribution in [0.1, 0.15) is 42.7 Å². The average Bonchev–Trinajstić information content (AvgIpc) is 3.48. The van der Waals surface area contributed by atoms with Gasteiger partial charge in [-0.1, -0.05) is 24.3 Å². The summed E-state index contributed by atoms with van der Waals surface area (Å²) in [5.74, 6) is 0.238. The van der Waals surface area contributed by atoms with Crippen LogP contribution in [0.5, 0.6) is 0 Å². The monoisotopic (exact) mass is 334 g/mol. The fourth-order valence-corrected chi connectivity index (χ4v) is 3.48. The number of aryl methyl sites for hydroxylation is 1. The second-order valence-electron chi connectivity index (χ2n) is 6.97. The lowest BCUT2D eigenvalue weighted by atomic mass is 9.82. The lowest BCUT2D eigenvalue weighted by Crippen LogP contribution is -2.24. The van der Waals surface area contributed by atoms with Crippen LogP contribution in [-0.4, -0.2) is 11.8 Å². The average molecular weight is 334 g/mol. The predicted molar refractivity (Wildman–Crippen MR) is 98.5 cm³/mol. The first kappa shape index (κ1) is 15.9. The maximum absolute atomic E-state index is 12.7. The van der Waals surface area contributed by atoms with Gasteiger partial charge in [0, 0.05) is 17.3 Å². The summed E-state index contributed by atoms with van der Waals surface area (Å²) in [4.78, 5) is 24.5. The zero-order chi connectivity index (χ0) is 17.2. The largest absolute Gasteiger partial charge is 0.326 e. The fourth-order valence-electron chi connectivity index (χ4n) is 3.48. The molecule has 4 heteroatoms. The fraction of sp³-hybridized carbons (Fsp3) is 0.333. The molecule has 4 rings (SSSR count). The molecule has 2 aliphatic carbocycles. The highest BCUT2D eigenvalue weighted by molar-refractivity contribution is 5.97. The highest BCUT2D eigenvalue weighted by Gasteiger charge is 2.29. The van der Waals surface area contributed by atoms with E-state index in [4.69, 9.17) is 0 Å². The van der Waals surface area contributed by atoms with E-state index in [0.717, 1.165) is 49.0 Å². The Balaban J connectivity index is 1.42. The first-order chi connectivity index (χ1) is 12.2. The zero-order valence-electron chi connectivity index (χ0n) is 14.1. The summed E-state index contributed by atoms with van der Waals surface area (Å²) in [6, 6.07) is 15.6. The predicted octanol–water partition coefficient (Wildman–Crippen LogP) is 4.09. The molecule has 1 atom stereocenters. The van der Waals surface area contributed by atoms with E-state index in [9.17, 15) is 9.59 Å². The summed E-state index contributed by atoms with van der Waals surface area (Å²) in [7, 11) is 0. The van der Waals surface area contributed by atoms with E-state index >= 15 is 0 Å². The molecule has 2 aromatic carbocycles. The first-order valence-corrected chi connectivity index (χ1v) is 9.00. The number of carbonyl (C=O) groups is 2. The molecule has 2 aromatic rings. The molecule has 0 saturated heterocycles. The van der Waals surface area contributed by atoms with Crippen molar-refractivity contribution in [3.05, 3.63) is 59.7 Å². The highest BCUT2D eigenvalue weighted by Crippen LogP contribution is 2.33. The molecule has 4 nitrogen and oxygen atoms in total. The van der Waals surface area contributed by atoms with Gasteiger partial charge < -0.3 is 10.6 Å². The number of nitrogens with one attached hydrogen (secondary N) is 2. The summed E-state index contributed by atoms with van der Waals surface area (Å²) in [6.45, 7) is 0. The van der Waals surface area contributed by atoms with Crippen LogP contribution in [0.4, 0.5) is 11.4 Å². The number of fused-ring (bicyclic) bond motifs is 1. The molecule has 0 heterocycles. The number of anilines is 2. The smallest absolute Gasteiger partial charge is 0.231 e. The Hall–Kier alpha value is -2.62. The highest BCUT2D eigenvalue weighted by atomic mass is 16.2. The van der Waals surface area contributed by atoms with Crippen molar-refractivity contribution in [2.24, 2.45) is 5.92 Å². The van der Waals surface area contributed by atoms with E-state index in [0.29, 0.717) is 0 Å². The maximum atomic E-state index is 12.7. The third-order valence-electron chi connectivity index (χ3n) is 5.05. The second-order valence-corrected chi connectivity index (χ2v) is 6.97. The van der Waals surface area contributed by atoms with Crippen molar-refractivity contribution < 1.29 is 9.59 Å². The number of rotatable bonds is 4. The van der Waals surface area contributed by atoms with Crippen LogP contribution in [0.3, 0.4) is 0 Å². The molecular formula is C21H22N2O2. The Morgan fingerprint density at radius 3 is 2.12 bits per heavy atom. The Bertz CT molecular complexity index is 794. The minimum Gasteiger partial charge on any atom is -0.326 e. The molecular weight excluding hydrogens is 312 g/mol. The van der Waals surface area contributed by atoms with Crippen molar-refractivity contribution in [3.63, 3.8) is 0 Å². The van der Waals surface area contributed by atoms with Crippen molar-refractivity contribution in [1.82, 2.24) is 0 Å². The third kappa shape index (κ3) is 3.58. The van der Waals surface area contributed by atoms with E-state index in [1.54, 1.807) is 0 Å². The van der Waals surface area contributed by atoms with Gasteiger partial charge in [0.15, 0.2) is 0 Å². The minimum atomic E-state index is -0.0841. The zero-order valence-corrected chi connectivity index (χ0v) is 14.1. The lowest BCUT2D eigenvalue weighted by molar-refractivity contribution is -0.118. The maximum Gasteiger partial charge on any atom is 0.231 e. The quantitative estimate of drug-likeness (QED) is 0.884. The summed E-state index contributed by atoms with van der Waals surface area (Å²) in [6.07, 6.45) is 4.96. The molecule has 2 aliphatic rings. The van der Waals surface area contributed by atoms with Crippen molar-refractivity contribution in [2.45, 2.75) is 38.0 Å². The number of benzene rings is 2. The summed E-state index contributed by atoms with van der Waals surface area (Å²) in [5.41, 5.74) is 3.97. The molecule has 0 radical (unpaired) electrons. The van der Waals surface area contributed by atoms with Crippen LogP contribution < -0.4 is 10.6 Å². The van der Waals surface area contributed by atoms with E-state index in [1.807, 2.05) is 36.4 Å². The molecule has 128 valence electrons. The lowest BCUT2D eigenvalue weighted by Gasteiger charge is -2.24. The number of carbonyl (C=O) groups excluding carboxylic acids is 2. The third-order valence-corrected chi connectivity index (χ3v) is 5.05. The topological polar surface area (TPSA) is 58.2 Å². The Kier molecular flexibility index (Phi) is 4.26. The molecule has 0 aliphatic heterocycles. The molecule has 2 N–H and O–H groups in total. The van der Waals surface area contributed by atoms with Crippen LogP contribution in [-0.2, 0) is 16.0 Å². The molecule has 2 amide bonds. The molecule has 0 spiro atoms. The van der Waals surface area contributed by atoms with Crippen molar-refractivity contribution in [3.8, 4) is 0 Å². The Labute approximate surface area is 147 Å². The van der Waals surface area contributed by atoms with Crippen LogP contribution >= 0.6 is 0 Å².